The summed E-state index contributed by atoms with van der Waals surface area (Å²) in [6.07, 6.45) is 5.12. The van der Waals surface area contributed by atoms with Crippen molar-refractivity contribution in [2.75, 3.05) is 39.3 Å². The average molecular weight is 364 g/mol. The minimum atomic E-state index is -3.39. The summed E-state index contributed by atoms with van der Waals surface area (Å²) in [5.74, 6) is 1.53. The smallest absolute Gasteiger partial charge is 0.240 e. The minimum absolute atomic E-state index is 0.354. The van der Waals surface area contributed by atoms with E-state index >= 15 is 0 Å². The molecule has 1 unspecified atom stereocenters. The van der Waals surface area contributed by atoms with Gasteiger partial charge in [-0.3, -0.25) is 4.90 Å². The molecule has 0 aromatic heterocycles. The predicted octanol–water partition coefficient (Wildman–Crippen LogP) is 1.77. The van der Waals surface area contributed by atoms with Crippen LogP contribution < -0.4 is 4.72 Å². The third-order valence-corrected chi connectivity index (χ3v) is 7.71. The molecule has 4 aliphatic rings. The molecule has 4 atom stereocenters. The lowest BCUT2D eigenvalue weighted by Gasteiger charge is -2.50. The molecule has 0 amide bonds. The number of benzene rings is 1. The lowest BCUT2D eigenvalue weighted by atomic mass is 9.75. The van der Waals surface area contributed by atoms with Crippen molar-refractivity contribution >= 4 is 10.0 Å². The Morgan fingerprint density at radius 1 is 1.08 bits per heavy atom. The van der Waals surface area contributed by atoms with Gasteiger partial charge in [0.1, 0.15) is 0 Å². The highest BCUT2D eigenvalue weighted by molar-refractivity contribution is 7.89. The summed E-state index contributed by atoms with van der Waals surface area (Å²) in [6.45, 7) is 6.57. The van der Waals surface area contributed by atoms with Crippen LogP contribution >= 0.6 is 0 Å². The number of nitrogens with one attached hydrogen (secondary N) is 1. The molecule has 138 valence electrons. The zero-order chi connectivity index (χ0) is 17.3. The molecule has 0 aliphatic carbocycles. The summed E-state index contributed by atoms with van der Waals surface area (Å²) < 4.78 is 27.7. The number of fused-ring (bicyclic) bond motifs is 3. The van der Waals surface area contributed by atoms with Crippen molar-refractivity contribution in [3.8, 4) is 0 Å². The van der Waals surface area contributed by atoms with Gasteiger partial charge in [0.2, 0.25) is 10.0 Å². The van der Waals surface area contributed by atoms with E-state index in [4.69, 9.17) is 0 Å². The zero-order valence-electron chi connectivity index (χ0n) is 14.8. The van der Waals surface area contributed by atoms with Crippen LogP contribution in [0.5, 0.6) is 0 Å². The normalized spacial score (nSPS) is 33.0. The monoisotopic (exact) mass is 363 g/mol. The van der Waals surface area contributed by atoms with Crippen LogP contribution in [0.25, 0.3) is 0 Å². The largest absolute Gasteiger partial charge is 0.303 e. The summed E-state index contributed by atoms with van der Waals surface area (Å²) in [6, 6.07) is 9.04. The Labute approximate surface area is 151 Å². The molecule has 5 rings (SSSR count). The molecule has 4 fully saturated rings. The Kier molecular flexibility index (Phi) is 5.13. The fourth-order valence-electron chi connectivity index (χ4n) is 4.85. The lowest BCUT2D eigenvalue weighted by Crippen LogP contribution is -2.58. The van der Waals surface area contributed by atoms with E-state index in [0.29, 0.717) is 17.5 Å². The van der Waals surface area contributed by atoms with E-state index < -0.39 is 10.0 Å². The highest BCUT2D eigenvalue weighted by atomic mass is 32.2. The van der Waals surface area contributed by atoms with Crippen molar-refractivity contribution in [1.29, 1.82) is 0 Å². The molecule has 1 aromatic carbocycles. The summed E-state index contributed by atoms with van der Waals surface area (Å²) in [5, 5.41) is 0. The second kappa shape index (κ2) is 7.35. The van der Waals surface area contributed by atoms with Gasteiger partial charge in [0.15, 0.2) is 0 Å². The number of piperidine rings is 3. The van der Waals surface area contributed by atoms with E-state index in [2.05, 4.69) is 14.5 Å². The highest BCUT2D eigenvalue weighted by Crippen LogP contribution is 2.37. The molecular weight excluding hydrogens is 334 g/mol. The Hall–Kier alpha value is -0.950. The van der Waals surface area contributed by atoms with Crippen molar-refractivity contribution in [2.45, 2.75) is 36.6 Å². The van der Waals surface area contributed by atoms with Crippen LogP contribution in [0.3, 0.4) is 0 Å². The van der Waals surface area contributed by atoms with Crippen LogP contribution in [-0.4, -0.2) is 63.5 Å². The number of hydrogen-bond donors (Lipinski definition) is 1. The van der Waals surface area contributed by atoms with E-state index in [0.717, 1.165) is 31.3 Å². The molecule has 4 saturated heterocycles. The topological polar surface area (TPSA) is 52.7 Å². The van der Waals surface area contributed by atoms with E-state index in [1.807, 2.05) is 6.07 Å². The first-order valence-corrected chi connectivity index (χ1v) is 11.1. The minimum Gasteiger partial charge on any atom is -0.303 e. The number of likely N-dealkylation sites (tertiary alicyclic amines) is 1. The third kappa shape index (κ3) is 3.92. The summed E-state index contributed by atoms with van der Waals surface area (Å²) in [4.78, 5) is 5.51. The second-order valence-corrected chi connectivity index (χ2v) is 9.63. The van der Waals surface area contributed by atoms with Crippen LogP contribution in [-0.2, 0) is 10.0 Å². The van der Waals surface area contributed by atoms with Gasteiger partial charge in [0, 0.05) is 25.7 Å². The molecule has 6 heteroatoms. The zero-order valence-corrected chi connectivity index (χ0v) is 15.6. The van der Waals surface area contributed by atoms with Gasteiger partial charge >= 0.3 is 0 Å². The third-order valence-electron chi connectivity index (χ3n) is 6.27. The standard InChI is InChI=1S/C19H29N3O2S/c23-25(24,19-6-2-1-3-7-19)20-13-18-12-16-8-11-22(18)15-17(16)14-21-9-4-5-10-21/h1-3,6-7,16-18,20H,4-5,8-15H2/t16-,17-,18+/m0/s1. The predicted molar refractivity (Wildman–Crippen MR) is 98.9 cm³/mol. The van der Waals surface area contributed by atoms with E-state index in [1.165, 1.54) is 38.9 Å². The van der Waals surface area contributed by atoms with E-state index in [-0.39, 0.29) is 0 Å². The number of sulfonamides is 1. The average Bonchev–Trinajstić information content (AvgIpc) is 3.15. The molecule has 4 heterocycles. The van der Waals surface area contributed by atoms with Crippen molar-refractivity contribution in [2.24, 2.45) is 11.8 Å². The van der Waals surface area contributed by atoms with Crippen molar-refractivity contribution in [1.82, 2.24) is 14.5 Å². The fourth-order valence-corrected chi connectivity index (χ4v) is 5.95. The van der Waals surface area contributed by atoms with Gasteiger partial charge in [0.05, 0.1) is 4.90 Å². The van der Waals surface area contributed by atoms with Gasteiger partial charge in [-0.2, -0.15) is 0 Å². The van der Waals surface area contributed by atoms with Crippen molar-refractivity contribution in [3.63, 3.8) is 0 Å². The first-order chi connectivity index (χ1) is 12.1. The molecule has 4 aliphatic heterocycles. The maximum atomic E-state index is 12.4. The molecule has 0 spiro atoms. The SMILES string of the molecule is O=S(=O)(NC[C@H]1C[C@@H]2CCN1C[C@@H]2CN1CCCC1)c1ccccc1. The first kappa shape index (κ1) is 17.5. The Morgan fingerprint density at radius 2 is 1.84 bits per heavy atom. The number of rotatable bonds is 6. The van der Waals surface area contributed by atoms with E-state index in [1.54, 1.807) is 24.3 Å². The maximum absolute atomic E-state index is 12.4. The molecule has 1 N–H and O–H groups in total. The fraction of sp³-hybridized carbons (Fsp3) is 0.684. The Bertz CT molecular complexity index is 673. The summed E-state index contributed by atoms with van der Waals surface area (Å²) in [7, 11) is -3.39. The molecule has 5 nitrogen and oxygen atoms in total. The summed E-state index contributed by atoms with van der Waals surface area (Å²) >= 11 is 0. The maximum Gasteiger partial charge on any atom is 0.240 e. The molecular formula is C19H29N3O2S. The Balaban J connectivity index is 1.33. The number of hydrogen-bond acceptors (Lipinski definition) is 4. The number of nitrogens with zero attached hydrogens (tertiary/aromatic N) is 2. The second-order valence-electron chi connectivity index (χ2n) is 7.87. The van der Waals surface area contributed by atoms with Crippen LogP contribution in [0.1, 0.15) is 25.7 Å². The van der Waals surface area contributed by atoms with Gasteiger partial charge in [-0.15, -0.1) is 0 Å². The van der Waals surface area contributed by atoms with E-state index in [9.17, 15) is 8.42 Å². The first-order valence-electron chi connectivity index (χ1n) is 9.63. The van der Waals surface area contributed by atoms with Gasteiger partial charge in [-0.1, -0.05) is 18.2 Å². The van der Waals surface area contributed by atoms with Gasteiger partial charge < -0.3 is 4.90 Å². The van der Waals surface area contributed by atoms with Gasteiger partial charge in [-0.25, -0.2) is 13.1 Å². The molecule has 2 bridgehead atoms. The van der Waals surface area contributed by atoms with Crippen molar-refractivity contribution in [3.05, 3.63) is 30.3 Å². The van der Waals surface area contributed by atoms with Crippen LogP contribution in [0.2, 0.25) is 0 Å². The Morgan fingerprint density at radius 3 is 2.52 bits per heavy atom. The quantitative estimate of drug-likeness (QED) is 0.837. The molecule has 25 heavy (non-hydrogen) atoms. The summed E-state index contributed by atoms with van der Waals surface area (Å²) in [5.41, 5.74) is 0. The molecule has 1 aromatic rings. The van der Waals surface area contributed by atoms with Crippen LogP contribution in [0, 0.1) is 11.8 Å². The van der Waals surface area contributed by atoms with Crippen LogP contribution in [0.4, 0.5) is 0 Å². The molecule has 0 saturated carbocycles. The molecule has 0 radical (unpaired) electrons. The van der Waals surface area contributed by atoms with Crippen LogP contribution in [0.15, 0.2) is 35.2 Å². The van der Waals surface area contributed by atoms with Gasteiger partial charge in [-0.05, 0) is 69.3 Å². The van der Waals surface area contributed by atoms with Gasteiger partial charge in [0.25, 0.3) is 0 Å². The van der Waals surface area contributed by atoms with Crippen molar-refractivity contribution < 1.29 is 8.42 Å². The highest BCUT2D eigenvalue weighted by Gasteiger charge is 2.40. The lowest BCUT2D eigenvalue weighted by molar-refractivity contribution is -0.00770.